The highest BCUT2D eigenvalue weighted by Gasteiger charge is 2.17. The molecule has 142 valence electrons. The summed E-state index contributed by atoms with van der Waals surface area (Å²) in [5, 5.41) is 2.90. The number of hydrogen-bond donors (Lipinski definition) is 2. The van der Waals surface area contributed by atoms with Gasteiger partial charge in [-0.3, -0.25) is 4.79 Å². The zero-order chi connectivity index (χ0) is 19.3. The maximum atomic E-state index is 12.2. The number of benzene rings is 1. The third-order valence-electron chi connectivity index (χ3n) is 3.89. The zero-order valence-electron chi connectivity index (χ0n) is 14.4. The van der Waals surface area contributed by atoms with E-state index in [-0.39, 0.29) is 28.8 Å². The van der Waals surface area contributed by atoms with Crippen LogP contribution in [0.25, 0.3) is 5.65 Å². The van der Waals surface area contributed by atoms with Crippen molar-refractivity contribution in [3.05, 3.63) is 65.6 Å². The van der Waals surface area contributed by atoms with Gasteiger partial charge in [-0.15, -0.1) is 0 Å². The standard InChI is InChI=1S/C18H19ClN4O3S/c19-15-5-1-2-6-16(15)27(25,26)21-11-9-18(24)20-10-8-14-13-23-12-4-3-7-17(23)22-14/h1-7,12-13,21H,8-11H2,(H,20,24). The number of rotatable bonds is 8. The van der Waals surface area contributed by atoms with Crippen molar-refractivity contribution in [2.24, 2.45) is 0 Å². The second-order valence-electron chi connectivity index (χ2n) is 5.88. The van der Waals surface area contributed by atoms with Crippen molar-refractivity contribution in [2.75, 3.05) is 13.1 Å². The fourth-order valence-electron chi connectivity index (χ4n) is 2.57. The molecule has 0 aliphatic rings. The van der Waals surface area contributed by atoms with E-state index < -0.39 is 10.0 Å². The van der Waals surface area contributed by atoms with Crippen molar-refractivity contribution < 1.29 is 13.2 Å². The Bertz CT molecular complexity index is 1020. The summed E-state index contributed by atoms with van der Waals surface area (Å²) in [6.07, 6.45) is 4.46. The summed E-state index contributed by atoms with van der Waals surface area (Å²) < 4.78 is 28.7. The fraction of sp³-hybridized carbons (Fsp3) is 0.222. The molecule has 1 aromatic carbocycles. The largest absolute Gasteiger partial charge is 0.356 e. The molecule has 2 aromatic heterocycles. The monoisotopic (exact) mass is 406 g/mol. The SMILES string of the molecule is O=C(CCNS(=O)(=O)c1ccccc1Cl)NCCc1cn2ccccc2n1. The molecule has 0 spiro atoms. The summed E-state index contributed by atoms with van der Waals surface area (Å²) in [6.45, 7) is 0.424. The number of hydrogen-bond acceptors (Lipinski definition) is 4. The van der Waals surface area contributed by atoms with E-state index in [0.717, 1.165) is 11.3 Å². The summed E-state index contributed by atoms with van der Waals surface area (Å²) in [7, 11) is -3.74. The van der Waals surface area contributed by atoms with Crippen molar-refractivity contribution in [1.29, 1.82) is 0 Å². The highest BCUT2D eigenvalue weighted by atomic mass is 35.5. The molecule has 2 N–H and O–H groups in total. The van der Waals surface area contributed by atoms with Gasteiger partial charge in [0.25, 0.3) is 0 Å². The average molecular weight is 407 g/mol. The van der Waals surface area contributed by atoms with Gasteiger partial charge in [-0.25, -0.2) is 18.1 Å². The molecule has 0 radical (unpaired) electrons. The molecule has 3 aromatic rings. The van der Waals surface area contributed by atoms with Crippen molar-refractivity contribution >= 4 is 33.2 Å². The van der Waals surface area contributed by atoms with Crippen molar-refractivity contribution in [2.45, 2.75) is 17.7 Å². The minimum atomic E-state index is -3.74. The number of carbonyl (C=O) groups excluding carboxylic acids is 1. The highest BCUT2D eigenvalue weighted by molar-refractivity contribution is 7.89. The first-order chi connectivity index (χ1) is 13.0. The van der Waals surface area contributed by atoms with Crippen molar-refractivity contribution in [3.8, 4) is 0 Å². The maximum Gasteiger partial charge on any atom is 0.242 e. The van der Waals surface area contributed by atoms with Crippen LogP contribution in [-0.2, 0) is 21.2 Å². The lowest BCUT2D eigenvalue weighted by molar-refractivity contribution is -0.120. The fourth-order valence-corrected chi connectivity index (χ4v) is 4.11. The topological polar surface area (TPSA) is 92.6 Å². The van der Waals surface area contributed by atoms with Crippen LogP contribution >= 0.6 is 11.6 Å². The molecule has 0 unspecified atom stereocenters. The minimum Gasteiger partial charge on any atom is -0.356 e. The Balaban J connectivity index is 1.42. The number of nitrogens with one attached hydrogen (secondary N) is 2. The van der Waals surface area contributed by atoms with E-state index in [9.17, 15) is 13.2 Å². The van der Waals surface area contributed by atoms with Crippen LogP contribution in [0.2, 0.25) is 5.02 Å². The predicted molar refractivity (Wildman–Crippen MR) is 103 cm³/mol. The molecule has 0 saturated heterocycles. The van der Waals surface area contributed by atoms with Crippen LogP contribution in [0.1, 0.15) is 12.1 Å². The van der Waals surface area contributed by atoms with Gasteiger partial charge in [-0.2, -0.15) is 0 Å². The maximum absolute atomic E-state index is 12.2. The lowest BCUT2D eigenvalue weighted by atomic mass is 10.3. The number of sulfonamides is 1. The van der Waals surface area contributed by atoms with Crippen molar-refractivity contribution in [3.63, 3.8) is 0 Å². The Morgan fingerprint density at radius 1 is 1.11 bits per heavy atom. The van der Waals surface area contributed by atoms with E-state index in [1.54, 1.807) is 12.1 Å². The molecule has 0 saturated carbocycles. The van der Waals surface area contributed by atoms with Gasteiger partial charge < -0.3 is 9.72 Å². The lowest BCUT2D eigenvalue weighted by Gasteiger charge is -2.08. The van der Waals surface area contributed by atoms with Gasteiger partial charge in [0, 0.05) is 38.3 Å². The molecule has 1 amide bonds. The molecule has 7 nitrogen and oxygen atoms in total. The summed E-state index contributed by atoms with van der Waals surface area (Å²) in [4.78, 5) is 16.3. The Morgan fingerprint density at radius 2 is 1.89 bits per heavy atom. The van der Waals surface area contributed by atoms with Gasteiger partial charge >= 0.3 is 0 Å². The van der Waals surface area contributed by atoms with Crippen LogP contribution in [0.3, 0.4) is 0 Å². The quantitative estimate of drug-likeness (QED) is 0.598. The normalized spacial score (nSPS) is 11.6. The number of halogens is 1. The third-order valence-corrected chi connectivity index (χ3v) is 5.85. The second kappa shape index (κ2) is 8.51. The molecule has 0 aliphatic carbocycles. The number of fused-ring (bicyclic) bond motifs is 1. The summed E-state index contributed by atoms with van der Waals surface area (Å²) in [5.41, 5.74) is 1.73. The molecule has 0 bridgehead atoms. The van der Waals surface area contributed by atoms with Gasteiger partial charge in [0.2, 0.25) is 15.9 Å². The second-order valence-corrected chi connectivity index (χ2v) is 8.02. The van der Waals surface area contributed by atoms with Crippen LogP contribution in [0.15, 0.2) is 59.8 Å². The van der Waals surface area contributed by atoms with Crippen LogP contribution in [-0.4, -0.2) is 36.8 Å². The minimum absolute atomic E-state index is 0.000997. The Labute approximate surface area is 162 Å². The van der Waals surface area contributed by atoms with Crippen LogP contribution < -0.4 is 10.0 Å². The molecule has 0 aliphatic heterocycles. The van der Waals surface area contributed by atoms with E-state index in [2.05, 4.69) is 15.0 Å². The van der Waals surface area contributed by atoms with Gasteiger partial charge in [-0.05, 0) is 24.3 Å². The first-order valence-corrected chi connectivity index (χ1v) is 10.3. The molecule has 0 fully saturated rings. The van der Waals surface area contributed by atoms with E-state index >= 15 is 0 Å². The Kier molecular flexibility index (Phi) is 6.10. The summed E-state index contributed by atoms with van der Waals surface area (Å²) in [5.74, 6) is -0.236. The number of amides is 1. The first kappa shape index (κ1) is 19.3. The zero-order valence-corrected chi connectivity index (χ0v) is 16.0. The van der Waals surface area contributed by atoms with Crippen LogP contribution in [0.5, 0.6) is 0 Å². The molecule has 27 heavy (non-hydrogen) atoms. The number of nitrogens with zero attached hydrogens (tertiary/aromatic N) is 2. The molecule has 0 atom stereocenters. The van der Waals surface area contributed by atoms with Gasteiger partial charge in [0.15, 0.2) is 0 Å². The first-order valence-electron chi connectivity index (χ1n) is 8.39. The molecule has 2 heterocycles. The smallest absolute Gasteiger partial charge is 0.242 e. The van der Waals surface area contributed by atoms with Gasteiger partial charge in [-0.1, -0.05) is 29.8 Å². The van der Waals surface area contributed by atoms with E-state index in [4.69, 9.17) is 11.6 Å². The third kappa shape index (κ3) is 5.06. The summed E-state index contributed by atoms with van der Waals surface area (Å²) >= 11 is 5.90. The molecular weight excluding hydrogens is 388 g/mol. The Hall–Kier alpha value is -2.42. The number of imidazole rings is 1. The van der Waals surface area contributed by atoms with E-state index in [1.807, 2.05) is 35.0 Å². The Morgan fingerprint density at radius 3 is 2.67 bits per heavy atom. The van der Waals surface area contributed by atoms with Gasteiger partial charge in [0.1, 0.15) is 10.5 Å². The highest BCUT2D eigenvalue weighted by Crippen LogP contribution is 2.19. The molecular formula is C18H19ClN4O3S. The average Bonchev–Trinajstić information content (AvgIpc) is 3.04. The van der Waals surface area contributed by atoms with Crippen molar-refractivity contribution in [1.82, 2.24) is 19.4 Å². The predicted octanol–water partition coefficient (Wildman–Crippen LogP) is 2.01. The number of carbonyl (C=O) groups is 1. The van der Waals surface area contributed by atoms with Crippen LogP contribution in [0.4, 0.5) is 0 Å². The molecule has 3 rings (SSSR count). The molecule has 9 heteroatoms. The van der Waals surface area contributed by atoms with E-state index in [1.165, 1.54) is 12.1 Å². The lowest BCUT2D eigenvalue weighted by Crippen LogP contribution is -2.31. The van der Waals surface area contributed by atoms with Crippen LogP contribution in [0, 0.1) is 0 Å². The number of aromatic nitrogens is 2. The number of pyridine rings is 1. The van der Waals surface area contributed by atoms with E-state index in [0.29, 0.717) is 13.0 Å². The van der Waals surface area contributed by atoms with Gasteiger partial charge in [0.05, 0.1) is 10.7 Å². The summed E-state index contributed by atoms with van der Waals surface area (Å²) in [6, 6.07) is 11.9.